The van der Waals surface area contributed by atoms with Crippen LogP contribution >= 0.6 is 11.6 Å². The van der Waals surface area contributed by atoms with Gasteiger partial charge in [-0.15, -0.1) is 0 Å². The van der Waals surface area contributed by atoms with Crippen molar-refractivity contribution in [1.29, 1.82) is 0 Å². The lowest BCUT2D eigenvalue weighted by atomic mass is 9.94. The molecular weight excluding hydrogens is 224 g/mol. The van der Waals surface area contributed by atoms with E-state index in [9.17, 15) is 4.79 Å². The second-order valence-electron chi connectivity index (χ2n) is 4.19. The third-order valence-corrected chi connectivity index (χ3v) is 3.08. The van der Waals surface area contributed by atoms with E-state index in [4.69, 9.17) is 16.3 Å². The molecule has 0 aliphatic heterocycles. The third-order valence-electron chi connectivity index (χ3n) is 2.68. The summed E-state index contributed by atoms with van der Waals surface area (Å²) < 4.78 is 5.36. The number of hydrogen-bond donors (Lipinski definition) is 0. The molecule has 1 aromatic rings. The highest BCUT2D eigenvalue weighted by Gasteiger charge is 2.20. The maximum Gasteiger partial charge on any atom is 0.163 e. The SMILES string of the molecule is COc1c(C(C)C)cc(Cl)c(C)c1C(C)=O. The smallest absolute Gasteiger partial charge is 0.163 e. The van der Waals surface area contributed by atoms with Gasteiger partial charge in [0.25, 0.3) is 0 Å². The summed E-state index contributed by atoms with van der Waals surface area (Å²) in [5, 5.41) is 0.620. The first-order chi connectivity index (χ1) is 7.40. The van der Waals surface area contributed by atoms with Gasteiger partial charge in [-0.1, -0.05) is 25.4 Å². The lowest BCUT2D eigenvalue weighted by Crippen LogP contribution is -2.05. The van der Waals surface area contributed by atoms with E-state index in [0.29, 0.717) is 16.3 Å². The number of benzene rings is 1. The summed E-state index contributed by atoms with van der Waals surface area (Å²) in [6, 6.07) is 1.88. The number of halogens is 1. The van der Waals surface area contributed by atoms with Gasteiger partial charge in [0.05, 0.1) is 12.7 Å². The van der Waals surface area contributed by atoms with E-state index in [1.807, 2.05) is 26.8 Å². The molecule has 3 heteroatoms. The van der Waals surface area contributed by atoms with Crippen LogP contribution < -0.4 is 4.74 Å². The van der Waals surface area contributed by atoms with Crippen molar-refractivity contribution in [3.05, 3.63) is 27.8 Å². The van der Waals surface area contributed by atoms with Gasteiger partial charge in [0, 0.05) is 5.02 Å². The number of rotatable bonds is 3. The molecule has 0 unspecified atom stereocenters. The standard InChI is InChI=1S/C13H17ClO2/c1-7(2)10-6-11(14)8(3)12(9(4)15)13(10)16-5/h6-7H,1-5H3. The zero-order valence-corrected chi connectivity index (χ0v) is 11.1. The van der Waals surface area contributed by atoms with Crippen LogP contribution in [-0.4, -0.2) is 12.9 Å². The first-order valence-corrected chi connectivity index (χ1v) is 5.65. The van der Waals surface area contributed by atoms with Crippen LogP contribution in [0.3, 0.4) is 0 Å². The molecule has 0 bridgehead atoms. The van der Waals surface area contributed by atoms with Crippen LogP contribution in [0.1, 0.15) is 48.2 Å². The molecule has 0 amide bonds. The molecule has 1 rings (SSSR count). The second kappa shape index (κ2) is 4.88. The summed E-state index contributed by atoms with van der Waals surface area (Å²) in [6.07, 6.45) is 0. The molecule has 1 aromatic carbocycles. The highest BCUT2D eigenvalue weighted by molar-refractivity contribution is 6.32. The van der Waals surface area contributed by atoms with E-state index >= 15 is 0 Å². The predicted molar refractivity (Wildman–Crippen MR) is 66.8 cm³/mol. The predicted octanol–water partition coefficient (Wildman–Crippen LogP) is 3.98. The minimum atomic E-state index is -0.0150. The largest absolute Gasteiger partial charge is 0.496 e. The molecule has 16 heavy (non-hydrogen) atoms. The zero-order valence-electron chi connectivity index (χ0n) is 10.3. The van der Waals surface area contributed by atoms with E-state index in [0.717, 1.165) is 11.1 Å². The first-order valence-electron chi connectivity index (χ1n) is 5.28. The monoisotopic (exact) mass is 240 g/mol. The van der Waals surface area contributed by atoms with Crippen molar-refractivity contribution in [2.24, 2.45) is 0 Å². The van der Waals surface area contributed by atoms with Crippen molar-refractivity contribution < 1.29 is 9.53 Å². The van der Waals surface area contributed by atoms with Crippen LogP contribution in [0.4, 0.5) is 0 Å². The quantitative estimate of drug-likeness (QED) is 0.747. The van der Waals surface area contributed by atoms with Crippen LogP contribution in [0.5, 0.6) is 5.75 Å². The molecule has 0 fully saturated rings. The number of ether oxygens (including phenoxy) is 1. The zero-order chi connectivity index (χ0) is 12.5. The molecule has 0 aliphatic rings. The van der Waals surface area contributed by atoms with Crippen molar-refractivity contribution >= 4 is 17.4 Å². The van der Waals surface area contributed by atoms with Crippen molar-refractivity contribution in [2.75, 3.05) is 7.11 Å². The van der Waals surface area contributed by atoms with Crippen molar-refractivity contribution in [3.63, 3.8) is 0 Å². The Morgan fingerprint density at radius 3 is 2.38 bits per heavy atom. The molecule has 0 spiro atoms. The van der Waals surface area contributed by atoms with E-state index < -0.39 is 0 Å². The van der Waals surface area contributed by atoms with Gasteiger partial charge in [0.15, 0.2) is 5.78 Å². The van der Waals surface area contributed by atoms with Crippen LogP contribution in [-0.2, 0) is 0 Å². The van der Waals surface area contributed by atoms with Gasteiger partial charge in [-0.2, -0.15) is 0 Å². The average molecular weight is 241 g/mol. The number of Topliss-reactive ketones (excluding diaryl/α,β-unsaturated/α-hetero) is 1. The number of methoxy groups -OCH3 is 1. The van der Waals surface area contributed by atoms with Gasteiger partial charge in [0.1, 0.15) is 5.75 Å². The lowest BCUT2D eigenvalue weighted by molar-refractivity contribution is 0.101. The summed E-state index contributed by atoms with van der Waals surface area (Å²) in [6.45, 7) is 7.47. The molecule has 0 N–H and O–H groups in total. The molecule has 0 aromatic heterocycles. The van der Waals surface area contributed by atoms with Gasteiger partial charge in [-0.3, -0.25) is 4.79 Å². The number of carbonyl (C=O) groups excluding carboxylic acids is 1. The fourth-order valence-electron chi connectivity index (χ4n) is 1.82. The Kier molecular flexibility index (Phi) is 3.98. The normalized spacial score (nSPS) is 10.7. The fourth-order valence-corrected chi connectivity index (χ4v) is 2.03. The first kappa shape index (κ1) is 13.0. The van der Waals surface area contributed by atoms with Crippen LogP contribution in [0.2, 0.25) is 5.02 Å². The fraction of sp³-hybridized carbons (Fsp3) is 0.462. The van der Waals surface area contributed by atoms with E-state index in [2.05, 4.69) is 0 Å². The molecule has 0 radical (unpaired) electrons. The summed E-state index contributed by atoms with van der Waals surface area (Å²) in [5.74, 6) is 0.911. The Bertz CT molecular complexity index is 422. The van der Waals surface area contributed by atoms with Crippen LogP contribution in [0.15, 0.2) is 6.07 Å². The van der Waals surface area contributed by atoms with Gasteiger partial charge in [-0.05, 0) is 37.0 Å². The van der Waals surface area contributed by atoms with Crippen molar-refractivity contribution in [2.45, 2.75) is 33.6 Å². The molecule has 0 saturated carbocycles. The molecule has 0 heterocycles. The molecule has 88 valence electrons. The van der Waals surface area contributed by atoms with E-state index in [1.54, 1.807) is 7.11 Å². The Morgan fingerprint density at radius 1 is 1.44 bits per heavy atom. The molecule has 0 saturated heterocycles. The van der Waals surface area contributed by atoms with Gasteiger partial charge >= 0.3 is 0 Å². The Labute approximate surface area is 102 Å². The minimum Gasteiger partial charge on any atom is -0.496 e. The molecule has 2 nitrogen and oxygen atoms in total. The topological polar surface area (TPSA) is 26.3 Å². The lowest BCUT2D eigenvalue weighted by Gasteiger charge is -2.17. The third kappa shape index (κ3) is 2.22. The van der Waals surface area contributed by atoms with Gasteiger partial charge in [0.2, 0.25) is 0 Å². The summed E-state index contributed by atoms with van der Waals surface area (Å²) in [4.78, 5) is 11.6. The summed E-state index contributed by atoms with van der Waals surface area (Å²) in [7, 11) is 1.58. The highest BCUT2D eigenvalue weighted by Crippen LogP contribution is 2.36. The Balaban J connectivity index is 3.62. The maximum absolute atomic E-state index is 11.6. The van der Waals surface area contributed by atoms with Gasteiger partial charge < -0.3 is 4.74 Å². The maximum atomic E-state index is 11.6. The van der Waals surface area contributed by atoms with Crippen LogP contribution in [0, 0.1) is 6.92 Å². The number of carbonyl (C=O) groups is 1. The van der Waals surface area contributed by atoms with E-state index in [-0.39, 0.29) is 11.7 Å². The van der Waals surface area contributed by atoms with Crippen molar-refractivity contribution in [1.82, 2.24) is 0 Å². The van der Waals surface area contributed by atoms with Crippen LogP contribution in [0.25, 0.3) is 0 Å². The number of ketones is 1. The Hall–Kier alpha value is -1.02. The highest BCUT2D eigenvalue weighted by atomic mass is 35.5. The van der Waals surface area contributed by atoms with Crippen molar-refractivity contribution in [3.8, 4) is 5.75 Å². The van der Waals surface area contributed by atoms with E-state index in [1.165, 1.54) is 6.92 Å². The molecule has 0 atom stereocenters. The minimum absolute atomic E-state index is 0.0150. The summed E-state index contributed by atoms with van der Waals surface area (Å²) >= 11 is 6.13. The number of hydrogen-bond acceptors (Lipinski definition) is 2. The molecular formula is C13H17ClO2. The molecule has 0 aliphatic carbocycles. The second-order valence-corrected chi connectivity index (χ2v) is 4.60. The summed E-state index contributed by atoms with van der Waals surface area (Å²) in [5.41, 5.74) is 2.36. The Morgan fingerprint density at radius 2 is 2.00 bits per heavy atom. The average Bonchev–Trinajstić information content (AvgIpc) is 2.20. The van der Waals surface area contributed by atoms with Gasteiger partial charge in [-0.25, -0.2) is 0 Å².